The molecule has 0 spiro atoms. The summed E-state index contributed by atoms with van der Waals surface area (Å²) in [7, 11) is -3.65. The predicted octanol–water partition coefficient (Wildman–Crippen LogP) is 0.167. The van der Waals surface area contributed by atoms with Crippen molar-refractivity contribution in [1.29, 1.82) is 0 Å². The maximum atomic E-state index is 12.0. The van der Waals surface area contributed by atoms with E-state index in [4.69, 9.17) is 9.47 Å². The van der Waals surface area contributed by atoms with Crippen LogP contribution in [0.5, 0.6) is 0 Å². The summed E-state index contributed by atoms with van der Waals surface area (Å²) in [5, 5.41) is 0. The number of nitrogens with one attached hydrogen (secondary N) is 1. The molecule has 0 aromatic heterocycles. The highest BCUT2D eigenvalue weighted by atomic mass is 32.2. The van der Waals surface area contributed by atoms with Crippen LogP contribution in [0.2, 0.25) is 0 Å². The maximum Gasteiger partial charge on any atom is 0.338 e. The minimum absolute atomic E-state index is 0.0234. The molecule has 1 heterocycles. The quantitative estimate of drug-likeness (QED) is 0.544. The van der Waals surface area contributed by atoms with Crippen LogP contribution < -0.4 is 4.72 Å². The van der Waals surface area contributed by atoms with Crippen LogP contribution in [0.1, 0.15) is 10.4 Å². The number of hydrogen-bond acceptors (Lipinski definition) is 6. The average molecular weight is 368 g/mol. The van der Waals surface area contributed by atoms with Crippen molar-refractivity contribution in [2.24, 2.45) is 0 Å². The van der Waals surface area contributed by atoms with E-state index in [0.29, 0.717) is 26.3 Å². The summed E-state index contributed by atoms with van der Waals surface area (Å²) in [5.41, 5.74) is 0.164. The molecule has 0 atom stereocenters. The van der Waals surface area contributed by atoms with Crippen LogP contribution in [-0.4, -0.2) is 64.6 Å². The van der Waals surface area contributed by atoms with Crippen LogP contribution in [0.3, 0.4) is 0 Å². The Morgan fingerprint density at radius 3 is 2.48 bits per heavy atom. The molecule has 0 unspecified atom stereocenters. The second-order valence-corrected chi connectivity index (χ2v) is 7.00. The van der Waals surface area contributed by atoms with Crippen molar-refractivity contribution in [2.75, 3.05) is 39.5 Å². The lowest BCUT2D eigenvalue weighted by molar-refractivity contribution is -0.138. The zero-order chi connectivity index (χ0) is 18.3. The maximum absolute atomic E-state index is 12.0. The van der Waals surface area contributed by atoms with Gasteiger partial charge in [0.15, 0.2) is 6.61 Å². The molecule has 25 heavy (non-hydrogen) atoms. The van der Waals surface area contributed by atoms with E-state index >= 15 is 0 Å². The Balaban J connectivity index is 1.91. The van der Waals surface area contributed by atoms with Crippen molar-refractivity contribution in [3.05, 3.63) is 42.5 Å². The van der Waals surface area contributed by atoms with Crippen molar-refractivity contribution in [3.63, 3.8) is 0 Å². The van der Waals surface area contributed by atoms with Gasteiger partial charge in [-0.15, -0.1) is 6.58 Å². The van der Waals surface area contributed by atoms with E-state index in [0.717, 1.165) is 0 Å². The normalized spacial score (nSPS) is 14.8. The number of nitrogens with zero attached hydrogens (tertiary/aromatic N) is 1. The van der Waals surface area contributed by atoms with Gasteiger partial charge in [0.2, 0.25) is 10.0 Å². The third kappa shape index (κ3) is 5.38. The fraction of sp³-hybridized carbons (Fsp3) is 0.375. The van der Waals surface area contributed by atoms with E-state index in [1.165, 1.54) is 30.3 Å². The molecular formula is C16H20N2O6S. The first-order chi connectivity index (χ1) is 11.9. The van der Waals surface area contributed by atoms with Crippen LogP contribution in [0.15, 0.2) is 41.8 Å². The third-order valence-electron chi connectivity index (χ3n) is 3.51. The number of carbonyl (C=O) groups is 2. The largest absolute Gasteiger partial charge is 0.452 e. The summed E-state index contributed by atoms with van der Waals surface area (Å²) in [6, 6.07) is 5.27. The number of rotatable bonds is 7. The highest BCUT2D eigenvalue weighted by Gasteiger charge is 2.19. The number of amides is 1. The number of morpholine rings is 1. The summed E-state index contributed by atoms with van der Waals surface area (Å²) < 4.78 is 36.3. The lowest BCUT2D eigenvalue weighted by atomic mass is 10.2. The topological polar surface area (TPSA) is 102 Å². The first-order valence-corrected chi connectivity index (χ1v) is 9.15. The molecule has 8 nitrogen and oxygen atoms in total. The molecule has 1 fully saturated rings. The minimum atomic E-state index is -3.65. The Morgan fingerprint density at radius 1 is 1.24 bits per heavy atom. The summed E-state index contributed by atoms with van der Waals surface area (Å²) in [6.07, 6.45) is 1.43. The molecule has 9 heteroatoms. The Labute approximate surface area is 146 Å². The smallest absolute Gasteiger partial charge is 0.338 e. The van der Waals surface area contributed by atoms with Crippen molar-refractivity contribution < 1.29 is 27.5 Å². The van der Waals surface area contributed by atoms with Crippen molar-refractivity contribution in [3.8, 4) is 0 Å². The molecule has 0 radical (unpaired) electrons. The van der Waals surface area contributed by atoms with E-state index in [1.54, 1.807) is 4.90 Å². The van der Waals surface area contributed by atoms with Crippen molar-refractivity contribution in [2.45, 2.75) is 4.90 Å². The number of sulfonamides is 1. The molecule has 0 bridgehead atoms. The van der Waals surface area contributed by atoms with Gasteiger partial charge in [-0.3, -0.25) is 4.79 Å². The Morgan fingerprint density at radius 2 is 1.88 bits per heavy atom. The van der Waals surface area contributed by atoms with Gasteiger partial charge in [-0.25, -0.2) is 17.9 Å². The summed E-state index contributed by atoms with van der Waals surface area (Å²) in [6.45, 7) is 5.06. The van der Waals surface area contributed by atoms with Gasteiger partial charge in [0, 0.05) is 19.6 Å². The fourth-order valence-corrected chi connectivity index (χ4v) is 3.14. The van der Waals surface area contributed by atoms with Gasteiger partial charge < -0.3 is 14.4 Å². The zero-order valence-electron chi connectivity index (χ0n) is 13.6. The van der Waals surface area contributed by atoms with Crippen LogP contribution in [0.4, 0.5) is 0 Å². The van der Waals surface area contributed by atoms with Crippen LogP contribution in [0, 0.1) is 0 Å². The van der Waals surface area contributed by atoms with Gasteiger partial charge in [-0.1, -0.05) is 6.08 Å². The van der Waals surface area contributed by atoms with E-state index in [-0.39, 0.29) is 29.5 Å². The molecule has 1 aliphatic rings. The number of hydrogen-bond donors (Lipinski definition) is 1. The minimum Gasteiger partial charge on any atom is -0.452 e. The van der Waals surface area contributed by atoms with Crippen LogP contribution in [0.25, 0.3) is 0 Å². The van der Waals surface area contributed by atoms with Gasteiger partial charge in [0.25, 0.3) is 5.91 Å². The lowest BCUT2D eigenvalue weighted by Crippen LogP contribution is -2.42. The van der Waals surface area contributed by atoms with Gasteiger partial charge in [-0.2, -0.15) is 0 Å². The summed E-state index contributed by atoms with van der Waals surface area (Å²) >= 11 is 0. The summed E-state index contributed by atoms with van der Waals surface area (Å²) in [4.78, 5) is 25.5. The molecule has 1 aliphatic heterocycles. The molecule has 136 valence electrons. The molecule has 1 amide bonds. The second-order valence-electron chi connectivity index (χ2n) is 5.23. The van der Waals surface area contributed by atoms with Gasteiger partial charge in [0.1, 0.15) is 0 Å². The monoisotopic (exact) mass is 368 g/mol. The van der Waals surface area contributed by atoms with E-state index in [1.807, 2.05) is 0 Å². The standard InChI is InChI=1S/C16H20N2O6S/c1-2-7-17-25(21,22)14-5-3-13(4-6-14)16(20)24-12-15(19)18-8-10-23-11-9-18/h2-6,17H,1,7-12H2. The third-order valence-corrected chi connectivity index (χ3v) is 4.95. The highest BCUT2D eigenvalue weighted by Crippen LogP contribution is 2.11. The second kappa shape index (κ2) is 8.75. The molecule has 1 saturated heterocycles. The molecule has 2 rings (SSSR count). The number of carbonyl (C=O) groups excluding carboxylic acids is 2. The Hall–Kier alpha value is -2.23. The Kier molecular flexibility index (Phi) is 6.68. The molecular weight excluding hydrogens is 348 g/mol. The SMILES string of the molecule is C=CCNS(=O)(=O)c1ccc(C(=O)OCC(=O)N2CCOCC2)cc1. The number of esters is 1. The first-order valence-electron chi connectivity index (χ1n) is 7.67. The van der Waals surface area contributed by atoms with Crippen molar-refractivity contribution in [1.82, 2.24) is 9.62 Å². The predicted molar refractivity (Wildman–Crippen MR) is 89.5 cm³/mol. The summed E-state index contributed by atoms with van der Waals surface area (Å²) in [5.74, 6) is -0.978. The fourth-order valence-electron chi connectivity index (χ4n) is 2.14. The molecule has 1 aromatic carbocycles. The van der Waals surface area contributed by atoms with Crippen LogP contribution in [-0.2, 0) is 24.3 Å². The molecule has 1 aromatic rings. The highest BCUT2D eigenvalue weighted by molar-refractivity contribution is 7.89. The van der Waals surface area contributed by atoms with Crippen molar-refractivity contribution >= 4 is 21.9 Å². The first kappa shape index (κ1) is 19.1. The number of benzene rings is 1. The van der Waals surface area contributed by atoms with Crippen LogP contribution >= 0.6 is 0 Å². The van der Waals surface area contributed by atoms with E-state index in [9.17, 15) is 18.0 Å². The Bertz CT molecular complexity index is 723. The van der Waals surface area contributed by atoms with Gasteiger partial charge >= 0.3 is 5.97 Å². The van der Waals surface area contributed by atoms with Gasteiger partial charge in [-0.05, 0) is 24.3 Å². The molecule has 0 aliphatic carbocycles. The number of ether oxygens (including phenoxy) is 2. The molecule has 0 saturated carbocycles. The lowest BCUT2D eigenvalue weighted by Gasteiger charge is -2.26. The average Bonchev–Trinajstić information content (AvgIpc) is 2.65. The van der Waals surface area contributed by atoms with E-state index < -0.39 is 16.0 Å². The van der Waals surface area contributed by atoms with Gasteiger partial charge in [0.05, 0.1) is 23.7 Å². The zero-order valence-corrected chi connectivity index (χ0v) is 14.5. The van der Waals surface area contributed by atoms with E-state index in [2.05, 4.69) is 11.3 Å². The molecule has 1 N–H and O–H groups in total.